The van der Waals surface area contributed by atoms with Crippen LogP contribution in [0.5, 0.6) is 0 Å². The van der Waals surface area contributed by atoms with Crippen molar-refractivity contribution in [1.82, 2.24) is 30.1 Å². The number of nitrogens with two attached hydrogens (primary N) is 1. The quantitative estimate of drug-likeness (QED) is 0.424. The molecule has 4 heterocycles. The summed E-state index contributed by atoms with van der Waals surface area (Å²) in [6.45, 7) is 2.62. The van der Waals surface area contributed by atoms with Crippen LogP contribution >= 0.6 is 0 Å². The lowest BCUT2D eigenvalue weighted by Crippen LogP contribution is -2.48. The third kappa shape index (κ3) is 3.31. The van der Waals surface area contributed by atoms with Gasteiger partial charge in [0, 0.05) is 33.2 Å². The number of rotatable bonds is 8. The summed E-state index contributed by atoms with van der Waals surface area (Å²) in [5.74, 6) is 0.0217. The summed E-state index contributed by atoms with van der Waals surface area (Å²) in [5, 5.41) is 18.6. The first-order valence-electron chi connectivity index (χ1n) is 11.7. The summed E-state index contributed by atoms with van der Waals surface area (Å²) in [6, 6.07) is 5.59. The van der Waals surface area contributed by atoms with Gasteiger partial charge in [-0.2, -0.15) is 10.1 Å². The maximum atomic E-state index is 12.5. The maximum absolute atomic E-state index is 12.5. The molecule has 3 aliphatic rings. The van der Waals surface area contributed by atoms with Crippen LogP contribution < -0.4 is 21.3 Å². The van der Waals surface area contributed by atoms with E-state index in [-0.39, 0.29) is 11.1 Å². The van der Waals surface area contributed by atoms with Crippen molar-refractivity contribution in [1.29, 1.82) is 0 Å². The van der Waals surface area contributed by atoms with E-state index < -0.39 is 17.2 Å². The summed E-state index contributed by atoms with van der Waals surface area (Å²) < 4.78 is 6.93. The van der Waals surface area contributed by atoms with Gasteiger partial charge in [0.2, 0.25) is 11.9 Å². The van der Waals surface area contributed by atoms with E-state index in [1.807, 2.05) is 18.3 Å². The van der Waals surface area contributed by atoms with Crippen molar-refractivity contribution in [3.63, 3.8) is 0 Å². The highest BCUT2D eigenvalue weighted by Gasteiger charge is 2.78. The van der Waals surface area contributed by atoms with Crippen LogP contribution in [-0.2, 0) is 14.9 Å². The van der Waals surface area contributed by atoms with Gasteiger partial charge in [-0.3, -0.25) is 9.59 Å². The fraction of sp³-hybridized carbons (Fsp3) is 0.478. The summed E-state index contributed by atoms with van der Waals surface area (Å²) >= 11 is 0. The van der Waals surface area contributed by atoms with Crippen molar-refractivity contribution in [2.24, 2.45) is 17.1 Å². The topological polar surface area (TPSA) is 153 Å². The smallest absolute Gasteiger partial charge is 0.273 e. The molecule has 6 rings (SSSR count). The van der Waals surface area contributed by atoms with Crippen molar-refractivity contribution in [2.45, 2.75) is 24.7 Å². The maximum Gasteiger partial charge on any atom is 0.273 e. The number of carbonyl (C=O) groups is 2. The van der Waals surface area contributed by atoms with Gasteiger partial charge < -0.3 is 26.0 Å². The highest BCUT2D eigenvalue weighted by molar-refractivity contribution is 5.98. The molecule has 2 amide bonds. The van der Waals surface area contributed by atoms with E-state index in [1.165, 1.54) is 7.05 Å². The fourth-order valence-electron chi connectivity index (χ4n) is 5.39. The van der Waals surface area contributed by atoms with Crippen LogP contribution in [0.3, 0.4) is 0 Å². The van der Waals surface area contributed by atoms with Crippen LogP contribution in [0.1, 0.15) is 35.4 Å². The molecule has 4 N–H and O–H groups in total. The highest BCUT2D eigenvalue weighted by atomic mass is 16.5. The van der Waals surface area contributed by atoms with Crippen molar-refractivity contribution >= 4 is 34.8 Å². The Bertz CT molecular complexity index is 1350. The molecule has 3 fully saturated rings. The first-order chi connectivity index (χ1) is 16.9. The van der Waals surface area contributed by atoms with Gasteiger partial charge in [-0.15, -0.1) is 10.2 Å². The van der Waals surface area contributed by atoms with Gasteiger partial charge in [-0.25, -0.2) is 4.52 Å². The Hall–Kier alpha value is -3.80. The number of nitrogens with one attached hydrogen (secondary N) is 2. The number of nitrogens with zero attached hydrogens (tertiary/aromatic N) is 6. The number of pyridine rings is 1. The number of methoxy groups -OCH3 is 1. The second-order valence-electron chi connectivity index (χ2n) is 9.77. The summed E-state index contributed by atoms with van der Waals surface area (Å²) in [5.41, 5.74) is 7.51. The van der Waals surface area contributed by atoms with Gasteiger partial charge in [0.1, 0.15) is 0 Å². The first-order valence-corrected chi connectivity index (χ1v) is 11.7. The molecule has 2 saturated carbocycles. The molecule has 1 atom stereocenters. The van der Waals surface area contributed by atoms with Gasteiger partial charge in [-0.1, -0.05) is 0 Å². The Morgan fingerprint density at radius 3 is 2.71 bits per heavy atom. The number of ether oxygens (including phenoxy) is 1. The molecular weight excluding hydrogens is 450 g/mol. The number of fused-ring (bicyclic) bond motifs is 1. The summed E-state index contributed by atoms with van der Waals surface area (Å²) in [4.78, 5) is 31.7. The van der Waals surface area contributed by atoms with Gasteiger partial charge >= 0.3 is 0 Å². The van der Waals surface area contributed by atoms with Crippen LogP contribution in [0.15, 0.2) is 24.4 Å². The summed E-state index contributed by atoms with van der Waals surface area (Å²) in [7, 11) is 3.24. The Balaban J connectivity index is 1.30. The largest absolute Gasteiger partial charge is 0.384 e. The molecule has 1 saturated heterocycles. The number of aromatic nitrogens is 5. The number of amides is 2. The van der Waals surface area contributed by atoms with Crippen molar-refractivity contribution in [3.8, 4) is 0 Å². The van der Waals surface area contributed by atoms with E-state index in [9.17, 15) is 9.59 Å². The monoisotopic (exact) mass is 477 g/mol. The van der Waals surface area contributed by atoms with Crippen molar-refractivity contribution < 1.29 is 14.3 Å². The molecule has 182 valence electrons. The molecule has 0 radical (unpaired) electrons. The third-order valence-corrected chi connectivity index (χ3v) is 7.62. The Morgan fingerprint density at radius 1 is 1.26 bits per heavy atom. The minimum atomic E-state index is -0.823. The number of anilines is 3. The predicted molar refractivity (Wildman–Crippen MR) is 126 cm³/mol. The van der Waals surface area contributed by atoms with Gasteiger partial charge in [0.25, 0.3) is 5.91 Å². The van der Waals surface area contributed by atoms with E-state index >= 15 is 0 Å². The number of carbonyl (C=O) groups excluding carboxylic acids is 2. The second kappa shape index (κ2) is 7.60. The average molecular weight is 478 g/mol. The molecule has 35 heavy (non-hydrogen) atoms. The minimum absolute atomic E-state index is 0.0886. The molecule has 3 aromatic rings. The molecule has 3 aromatic heterocycles. The van der Waals surface area contributed by atoms with Crippen LogP contribution in [0.2, 0.25) is 0 Å². The molecule has 0 unspecified atom stereocenters. The Morgan fingerprint density at radius 2 is 2.06 bits per heavy atom. The molecule has 2 aliphatic carbocycles. The standard InChI is InChI=1S/C23H27N9O3/c1-25-19(33)18-15(7-16(28-29-18)23(20(24)34)12-22(23)5-6-22)26-21-27-17-4-3-14(10-32(17)30-21)31-8-13(9-31)11-35-2/h3-4,7,10,13H,5-6,8-9,11-12H2,1-2H3,(H2,24,34)(H,25,33)(H,26,28,30)/t23-/m1/s1. The lowest BCUT2D eigenvalue weighted by atomic mass is 9.96. The van der Waals surface area contributed by atoms with Crippen LogP contribution in [-0.4, -0.2) is 70.5 Å². The van der Waals surface area contributed by atoms with Crippen LogP contribution in [0, 0.1) is 11.3 Å². The molecule has 12 nitrogen and oxygen atoms in total. The SMILES string of the molecule is CNC(=O)c1nnc([C@@]2(C(N)=O)CC23CC3)cc1Nc1nc2ccc(N3CC(COC)C3)cn2n1. The molecule has 12 heteroatoms. The lowest BCUT2D eigenvalue weighted by molar-refractivity contribution is -0.121. The normalized spacial score (nSPS) is 22.2. The predicted octanol–water partition coefficient (Wildman–Crippen LogP) is 0.612. The van der Waals surface area contributed by atoms with Gasteiger partial charge in [0.05, 0.1) is 35.3 Å². The van der Waals surface area contributed by atoms with Crippen molar-refractivity contribution in [2.75, 3.05) is 44.1 Å². The lowest BCUT2D eigenvalue weighted by Gasteiger charge is -2.40. The first kappa shape index (κ1) is 21.7. The molecule has 1 aliphatic heterocycles. The highest BCUT2D eigenvalue weighted by Crippen LogP contribution is 2.78. The van der Waals surface area contributed by atoms with Crippen molar-refractivity contribution in [3.05, 3.63) is 35.8 Å². The average Bonchev–Trinajstić information content (AvgIpc) is 3.70. The zero-order chi connectivity index (χ0) is 24.4. The third-order valence-electron chi connectivity index (χ3n) is 7.62. The van der Waals surface area contributed by atoms with Crippen LogP contribution in [0.4, 0.5) is 17.3 Å². The fourth-order valence-corrected chi connectivity index (χ4v) is 5.39. The van der Waals surface area contributed by atoms with E-state index in [0.29, 0.717) is 35.3 Å². The van der Waals surface area contributed by atoms with E-state index in [0.717, 1.165) is 38.2 Å². The molecule has 0 bridgehead atoms. The minimum Gasteiger partial charge on any atom is -0.384 e. The molecule has 1 spiro atoms. The zero-order valence-electron chi connectivity index (χ0n) is 19.6. The van der Waals surface area contributed by atoms with Gasteiger partial charge in [-0.05, 0) is 42.9 Å². The summed E-state index contributed by atoms with van der Waals surface area (Å²) in [6.07, 6.45) is 4.48. The van der Waals surface area contributed by atoms with Gasteiger partial charge in [0.15, 0.2) is 11.3 Å². The van der Waals surface area contributed by atoms with Crippen LogP contribution in [0.25, 0.3) is 5.65 Å². The Labute approximate surface area is 201 Å². The van der Waals surface area contributed by atoms with E-state index in [4.69, 9.17) is 10.5 Å². The zero-order valence-corrected chi connectivity index (χ0v) is 19.6. The molecule has 0 aromatic carbocycles. The van der Waals surface area contributed by atoms with E-state index in [2.05, 4.69) is 35.8 Å². The van der Waals surface area contributed by atoms with E-state index in [1.54, 1.807) is 17.7 Å². The number of primary amides is 1. The number of hydrogen-bond acceptors (Lipinski definition) is 9. The molecular formula is C23H27N9O3. The number of hydrogen-bond donors (Lipinski definition) is 3. The second-order valence-corrected chi connectivity index (χ2v) is 9.77. The Kier molecular flexibility index (Phi) is 4.72.